The largest absolute Gasteiger partial charge is 0.483 e. The van der Waals surface area contributed by atoms with E-state index in [0.717, 1.165) is 12.0 Å². The van der Waals surface area contributed by atoms with Crippen LogP contribution in [0.25, 0.3) is 0 Å². The minimum atomic E-state index is -0.667. The van der Waals surface area contributed by atoms with Gasteiger partial charge in [-0.05, 0) is 72.1 Å². The number of carbonyl (C=O) groups excluding carboxylic acids is 2. The molecule has 0 heterocycles. The summed E-state index contributed by atoms with van der Waals surface area (Å²) in [6.07, 6.45) is 0.803. The molecule has 0 saturated carbocycles. The van der Waals surface area contributed by atoms with Gasteiger partial charge in [0.2, 0.25) is 5.91 Å². The van der Waals surface area contributed by atoms with Gasteiger partial charge in [-0.3, -0.25) is 9.59 Å². The molecule has 0 fully saturated rings. The highest BCUT2D eigenvalue weighted by molar-refractivity contribution is 9.10. The lowest BCUT2D eigenvalue weighted by atomic mass is 10.1. The zero-order chi connectivity index (χ0) is 22.3. The van der Waals surface area contributed by atoms with Crippen LogP contribution in [0.5, 0.6) is 5.75 Å². The smallest absolute Gasteiger partial charge is 0.261 e. The van der Waals surface area contributed by atoms with Crippen LogP contribution in [0.15, 0.2) is 46.9 Å². The van der Waals surface area contributed by atoms with Gasteiger partial charge in [0, 0.05) is 22.6 Å². The molecule has 0 saturated heterocycles. The zero-order valence-corrected chi connectivity index (χ0v) is 20.2. The van der Waals surface area contributed by atoms with Crippen LogP contribution in [-0.4, -0.2) is 35.4 Å². The SMILES string of the molecule is CC[C@@H](C)NC(=O)[C@@H](C)N(Cc1ccc(Cl)cc1)C(=O)COc1ccc(Cl)cc1Br. The number of nitrogens with zero attached hydrogens (tertiary/aromatic N) is 1. The first kappa shape index (κ1) is 24.5. The van der Waals surface area contributed by atoms with Crippen LogP contribution in [0.1, 0.15) is 32.8 Å². The summed E-state index contributed by atoms with van der Waals surface area (Å²) in [5, 5.41) is 4.09. The summed E-state index contributed by atoms with van der Waals surface area (Å²) < 4.78 is 6.32. The predicted octanol–water partition coefficient (Wildman–Crippen LogP) is 5.47. The Morgan fingerprint density at radius 2 is 1.73 bits per heavy atom. The second kappa shape index (κ2) is 11.6. The molecule has 2 aromatic carbocycles. The van der Waals surface area contributed by atoms with Gasteiger partial charge in [-0.15, -0.1) is 0 Å². The van der Waals surface area contributed by atoms with Gasteiger partial charge < -0.3 is 15.0 Å². The Labute approximate surface area is 195 Å². The second-order valence-corrected chi connectivity index (χ2v) is 8.73. The Morgan fingerprint density at radius 3 is 2.33 bits per heavy atom. The average Bonchev–Trinajstić information content (AvgIpc) is 2.71. The summed E-state index contributed by atoms with van der Waals surface area (Å²) in [6.45, 7) is 5.68. The molecule has 0 spiro atoms. The maximum absolute atomic E-state index is 13.0. The third kappa shape index (κ3) is 7.18. The van der Waals surface area contributed by atoms with Crippen LogP contribution in [0.4, 0.5) is 0 Å². The molecule has 162 valence electrons. The third-order valence-electron chi connectivity index (χ3n) is 4.68. The number of rotatable bonds is 9. The van der Waals surface area contributed by atoms with E-state index in [1.54, 1.807) is 37.3 Å². The summed E-state index contributed by atoms with van der Waals surface area (Å²) in [4.78, 5) is 27.2. The van der Waals surface area contributed by atoms with Crippen LogP contribution in [0, 0.1) is 0 Å². The van der Waals surface area contributed by atoms with Crippen LogP contribution in [0.3, 0.4) is 0 Å². The molecule has 0 radical (unpaired) electrons. The highest BCUT2D eigenvalue weighted by Gasteiger charge is 2.27. The highest BCUT2D eigenvalue weighted by atomic mass is 79.9. The molecule has 1 N–H and O–H groups in total. The fourth-order valence-electron chi connectivity index (χ4n) is 2.65. The molecular weight excluding hydrogens is 491 g/mol. The molecule has 2 aromatic rings. The maximum Gasteiger partial charge on any atom is 0.261 e. The molecule has 0 bridgehead atoms. The molecule has 5 nitrogen and oxygen atoms in total. The van der Waals surface area contributed by atoms with Crippen molar-refractivity contribution in [2.45, 2.75) is 45.8 Å². The van der Waals surface area contributed by atoms with Gasteiger partial charge in [0.05, 0.1) is 4.47 Å². The van der Waals surface area contributed by atoms with Gasteiger partial charge in [-0.2, -0.15) is 0 Å². The summed E-state index contributed by atoms with van der Waals surface area (Å²) in [5.74, 6) is -0.0196. The number of carbonyl (C=O) groups is 2. The van der Waals surface area contributed by atoms with Crippen LogP contribution in [-0.2, 0) is 16.1 Å². The predicted molar refractivity (Wildman–Crippen MR) is 124 cm³/mol. The van der Waals surface area contributed by atoms with E-state index in [0.29, 0.717) is 20.3 Å². The molecule has 0 aliphatic rings. The second-order valence-electron chi connectivity index (χ2n) is 7.01. The fourth-order valence-corrected chi connectivity index (χ4v) is 3.57. The molecule has 0 aliphatic carbocycles. The van der Waals surface area contributed by atoms with Crippen molar-refractivity contribution in [3.8, 4) is 5.75 Å². The van der Waals surface area contributed by atoms with Gasteiger partial charge in [0.25, 0.3) is 5.91 Å². The molecule has 8 heteroatoms. The van der Waals surface area contributed by atoms with Crippen LogP contribution >= 0.6 is 39.1 Å². The van der Waals surface area contributed by atoms with E-state index in [4.69, 9.17) is 27.9 Å². The lowest BCUT2D eigenvalue weighted by Gasteiger charge is -2.29. The standard InChI is InChI=1S/C22H25BrCl2N2O3/c1-4-14(2)26-22(29)15(3)27(12-16-5-7-17(24)8-6-16)21(28)13-30-20-10-9-18(25)11-19(20)23/h5-11,14-15H,4,12-13H2,1-3H3,(H,26,29)/t14-,15-/m1/s1. The number of hydrogen-bond donors (Lipinski definition) is 1. The number of hydrogen-bond acceptors (Lipinski definition) is 3. The van der Waals surface area contributed by atoms with E-state index in [9.17, 15) is 9.59 Å². The van der Waals surface area contributed by atoms with Crippen molar-refractivity contribution in [2.75, 3.05) is 6.61 Å². The van der Waals surface area contributed by atoms with Gasteiger partial charge in [-0.25, -0.2) is 0 Å². The minimum Gasteiger partial charge on any atom is -0.483 e. The Kier molecular flexibility index (Phi) is 9.46. The summed E-state index contributed by atoms with van der Waals surface area (Å²) in [5.41, 5.74) is 0.864. The molecule has 0 aromatic heterocycles. The van der Waals surface area contributed by atoms with Crippen molar-refractivity contribution in [3.63, 3.8) is 0 Å². The van der Waals surface area contributed by atoms with Gasteiger partial charge in [0.15, 0.2) is 6.61 Å². The Hall–Kier alpha value is -1.76. The van der Waals surface area contributed by atoms with E-state index >= 15 is 0 Å². The number of amides is 2. The van der Waals surface area contributed by atoms with Crippen LogP contribution in [0.2, 0.25) is 10.0 Å². The zero-order valence-electron chi connectivity index (χ0n) is 17.1. The van der Waals surface area contributed by atoms with Gasteiger partial charge >= 0.3 is 0 Å². The topological polar surface area (TPSA) is 58.6 Å². The van der Waals surface area contributed by atoms with E-state index < -0.39 is 6.04 Å². The molecule has 0 aliphatic heterocycles. The first-order valence-corrected chi connectivity index (χ1v) is 11.2. The Morgan fingerprint density at radius 1 is 1.10 bits per heavy atom. The third-order valence-corrected chi connectivity index (χ3v) is 5.79. The monoisotopic (exact) mass is 514 g/mol. The van der Waals surface area contributed by atoms with Crippen molar-refractivity contribution in [2.24, 2.45) is 0 Å². The number of ether oxygens (including phenoxy) is 1. The Balaban J connectivity index is 2.16. The quantitative estimate of drug-likeness (QED) is 0.482. The number of halogens is 3. The maximum atomic E-state index is 13.0. The van der Waals surface area contributed by atoms with Crippen molar-refractivity contribution in [1.82, 2.24) is 10.2 Å². The molecule has 2 amide bonds. The lowest BCUT2D eigenvalue weighted by molar-refractivity contribution is -0.142. The molecule has 2 rings (SSSR count). The van der Waals surface area contributed by atoms with Crippen molar-refractivity contribution in [3.05, 3.63) is 62.5 Å². The number of benzene rings is 2. The lowest BCUT2D eigenvalue weighted by Crippen LogP contribution is -2.50. The molecule has 0 unspecified atom stereocenters. The normalized spacial score (nSPS) is 12.7. The van der Waals surface area contributed by atoms with Gasteiger partial charge in [0.1, 0.15) is 11.8 Å². The summed E-state index contributed by atoms with van der Waals surface area (Å²) in [7, 11) is 0. The van der Waals surface area contributed by atoms with E-state index in [2.05, 4.69) is 21.2 Å². The summed E-state index contributed by atoms with van der Waals surface area (Å²) >= 11 is 15.3. The van der Waals surface area contributed by atoms with Crippen LogP contribution < -0.4 is 10.1 Å². The van der Waals surface area contributed by atoms with Crippen molar-refractivity contribution >= 4 is 50.9 Å². The van der Waals surface area contributed by atoms with E-state index in [-0.39, 0.29) is 31.0 Å². The molecule has 30 heavy (non-hydrogen) atoms. The van der Waals surface area contributed by atoms with E-state index in [1.165, 1.54) is 4.90 Å². The average molecular weight is 516 g/mol. The first-order valence-electron chi connectivity index (χ1n) is 9.63. The first-order chi connectivity index (χ1) is 14.2. The molecule has 2 atom stereocenters. The number of nitrogens with one attached hydrogen (secondary N) is 1. The van der Waals surface area contributed by atoms with Crippen molar-refractivity contribution in [1.29, 1.82) is 0 Å². The minimum absolute atomic E-state index is 0.0220. The van der Waals surface area contributed by atoms with Gasteiger partial charge in [-0.1, -0.05) is 42.3 Å². The van der Waals surface area contributed by atoms with Crippen molar-refractivity contribution < 1.29 is 14.3 Å². The fraction of sp³-hybridized carbons (Fsp3) is 0.364. The Bertz CT molecular complexity index is 877. The molecular formula is C22H25BrCl2N2O3. The highest BCUT2D eigenvalue weighted by Crippen LogP contribution is 2.28. The summed E-state index contributed by atoms with van der Waals surface area (Å²) in [6, 6.07) is 11.6. The van der Waals surface area contributed by atoms with E-state index in [1.807, 2.05) is 26.0 Å².